The maximum Gasteiger partial charge on any atom is 0.177 e. The molecule has 12 aromatic heterocycles. The number of imidazole rings is 8. The lowest BCUT2D eigenvalue weighted by atomic mass is 10.2. The summed E-state index contributed by atoms with van der Waals surface area (Å²) in [5.74, 6) is 11.7. The van der Waals surface area contributed by atoms with Crippen molar-refractivity contribution >= 4 is 88.3 Å². The van der Waals surface area contributed by atoms with Crippen LogP contribution in [0.4, 0.5) is 0 Å². The third kappa shape index (κ3) is 11.9. The number of nitrogens with zero attached hydrogens (tertiary/aromatic N) is 10. The van der Waals surface area contributed by atoms with Gasteiger partial charge < -0.3 is 56.7 Å². The largest absolute Gasteiger partial charge is 0.450 e. The Balaban J connectivity index is 0.000000102. The van der Waals surface area contributed by atoms with E-state index in [-0.39, 0.29) is 0 Å². The number of hydrogen-bond donors (Lipinski definition) is 6. The summed E-state index contributed by atoms with van der Waals surface area (Å²) < 4.78 is 28.4. The molecule has 0 radical (unpaired) electrons. The van der Waals surface area contributed by atoms with E-state index >= 15 is 0 Å². The molecular weight excluding hydrogens is 1290 g/mol. The van der Waals surface area contributed by atoms with E-state index in [4.69, 9.17) is 32.6 Å². The van der Waals surface area contributed by atoms with Gasteiger partial charge in [0.1, 0.15) is 0 Å². The molecule has 0 spiro atoms. The summed E-state index contributed by atoms with van der Waals surface area (Å²) in [7, 11) is 4.02. The molecule has 20 rings (SSSR count). The summed E-state index contributed by atoms with van der Waals surface area (Å²) in [6, 6.07) is 62.9. The van der Waals surface area contributed by atoms with Crippen molar-refractivity contribution < 1.29 is 17.7 Å². The van der Waals surface area contributed by atoms with Crippen molar-refractivity contribution in [2.75, 3.05) is 0 Å². The molecule has 20 nitrogen and oxygen atoms in total. The van der Waals surface area contributed by atoms with E-state index in [9.17, 15) is 0 Å². The number of furan rings is 4. The average Bonchev–Trinajstić information content (AvgIpc) is 1.19. The van der Waals surface area contributed by atoms with Crippen molar-refractivity contribution in [2.45, 2.75) is 62.3 Å². The van der Waals surface area contributed by atoms with E-state index in [0.717, 1.165) is 174 Å². The number of benzene rings is 8. The molecule has 0 saturated heterocycles. The number of nitrogens with one attached hydrogen (secondary N) is 6. The van der Waals surface area contributed by atoms with E-state index in [0.29, 0.717) is 28.8 Å². The molecule has 0 amide bonds. The molecule has 0 fully saturated rings. The monoisotopic (exact) mass is 1350 g/mol. The van der Waals surface area contributed by atoms with Crippen LogP contribution in [-0.2, 0) is 14.1 Å². The molecule has 0 unspecified atom stereocenters. The van der Waals surface area contributed by atoms with Gasteiger partial charge >= 0.3 is 0 Å². The molecule has 6 N–H and O–H groups in total. The Morgan fingerprint density at radius 2 is 0.563 bits per heavy atom. The second kappa shape index (κ2) is 25.1. The number of aromatic nitrogens is 16. The molecule has 0 bridgehead atoms. The van der Waals surface area contributed by atoms with Gasteiger partial charge in [-0.15, -0.1) is 0 Å². The standard InChI is InChI=1S/3C21H18N4O.C20H16N4O/c1-12-4-6-14-16(10-12)23-20(22-14)18-8-9-19(26-18)21-24-15-7-5-13(2)11-17(15)25(21)3;1-11-7-8-14-16(9-11)24-20(22-14)17-10-13(3)19(26-17)21-23-15-6-4-5-12(2)18(15)25-21;1-12-7-8-14-16(11-12)25(3)21(23-14)18-10-9-17(26-18)20-22-15-6-4-5-13(2)19(15)24-20;1-11-6-7-13-15(10-11)23-19(21-13)16-8-9-17(25-16)20-22-14-5-3-4-12(2)18(14)24-20/h4-11H,1-3H3,(H,22,23);4-10H,1-3H3,(H,22,24)(H,23,25);4-11H,1-3H3,(H,22,24);3-10H,1-2H3,(H,21,23)(H,22,24). The highest BCUT2D eigenvalue weighted by Crippen LogP contribution is 2.36. The molecule has 103 heavy (non-hydrogen) atoms. The van der Waals surface area contributed by atoms with Crippen LogP contribution in [0.15, 0.2) is 206 Å². The average molecular weight is 1360 g/mol. The summed E-state index contributed by atoms with van der Waals surface area (Å²) in [4.78, 5) is 57.4. The lowest BCUT2D eigenvalue weighted by Gasteiger charge is -1.99. The quantitative estimate of drug-likeness (QED) is 0.0830. The van der Waals surface area contributed by atoms with Crippen LogP contribution in [-0.4, -0.2) is 78.9 Å². The number of aryl methyl sites for hydroxylation is 11. The van der Waals surface area contributed by atoms with Gasteiger partial charge in [-0.25, -0.2) is 39.9 Å². The van der Waals surface area contributed by atoms with Crippen molar-refractivity contribution in [1.29, 1.82) is 0 Å². The lowest BCUT2D eigenvalue weighted by molar-refractivity contribution is 0.585. The van der Waals surface area contributed by atoms with E-state index in [1.54, 1.807) is 0 Å². The van der Waals surface area contributed by atoms with Crippen molar-refractivity contribution in [3.8, 4) is 92.7 Å². The zero-order valence-electron chi connectivity index (χ0n) is 58.5. The maximum atomic E-state index is 6.13. The van der Waals surface area contributed by atoms with Crippen LogP contribution >= 0.6 is 0 Å². The summed E-state index contributed by atoms with van der Waals surface area (Å²) in [6.07, 6.45) is 0. The van der Waals surface area contributed by atoms with Gasteiger partial charge in [0.05, 0.1) is 88.3 Å². The molecule has 12 heterocycles. The number of para-hydroxylation sites is 3. The fourth-order valence-corrected chi connectivity index (χ4v) is 13.2. The number of H-pyrrole nitrogens is 6. The van der Waals surface area contributed by atoms with Crippen LogP contribution in [0.5, 0.6) is 0 Å². The Labute approximate surface area is 589 Å². The Morgan fingerprint density at radius 3 is 0.951 bits per heavy atom. The van der Waals surface area contributed by atoms with Gasteiger partial charge in [-0.1, -0.05) is 66.7 Å². The lowest BCUT2D eigenvalue weighted by Crippen LogP contribution is -1.91. The predicted octanol–water partition coefficient (Wildman–Crippen LogP) is 20.3. The fraction of sp³-hybridized carbons (Fsp3) is 0.133. The molecule has 20 aromatic rings. The topological polar surface area (TPSA) is 260 Å². The molecule has 20 heteroatoms. The molecule has 506 valence electrons. The SMILES string of the molecule is Cc1ccc2nc(-c3cc(C)c(-c4nc5c(C)cccc5[nH]4)o3)[nH]c2c1.Cc1ccc2nc(-c3ccc(-c4nc5c(C)cccc5[nH]4)o3)[nH]c2c1.Cc1ccc2nc(-c3ccc(-c4nc5c(C)cccc5[nH]4)o3)n(C)c2c1.Cc1ccc2nc(-c3ccc(-c4nc5ccc(C)cc5n4C)o3)[nH]c2c1. The molecule has 0 aliphatic carbocycles. The first-order chi connectivity index (χ1) is 49.9. The summed E-state index contributed by atoms with van der Waals surface area (Å²) in [5.41, 5.74) is 26.3. The van der Waals surface area contributed by atoms with E-state index in [1.165, 1.54) is 27.8 Å². The predicted molar refractivity (Wildman–Crippen MR) is 407 cm³/mol. The zero-order valence-corrected chi connectivity index (χ0v) is 58.5. The van der Waals surface area contributed by atoms with Crippen LogP contribution in [0.2, 0.25) is 0 Å². The van der Waals surface area contributed by atoms with Crippen LogP contribution in [0.1, 0.15) is 50.1 Å². The minimum Gasteiger partial charge on any atom is -0.450 e. The molecule has 8 aromatic carbocycles. The molecule has 0 aliphatic rings. The second-order valence-corrected chi connectivity index (χ2v) is 26.6. The highest BCUT2D eigenvalue weighted by molar-refractivity contribution is 5.88. The zero-order chi connectivity index (χ0) is 70.5. The number of hydrogen-bond acceptors (Lipinski definition) is 12. The molecule has 0 saturated carbocycles. The molecule has 0 aliphatic heterocycles. The number of fused-ring (bicyclic) bond motifs is 8. The summed E-state index contributed by atoms with van der Waals surface area (Å²) >= 11 is 0. The van der Waals surface area contributed by atoms with Gasteiger partial charge in [-0.3, -0.25) is 0 Å². The van der Waals surface area contributed by atoms with Crippen LogP contribution < -0.4 is 0 Å². The Hall–Kier alpha value is -13.4. The Kier molecular flexibility index (Phi) is 15.4. The van der Waals surface area contributed by atoms with Crippen molar-refractivity contribution in [3.05, 3.63) is 238 Å². The van der Waals surface area contributed by atoms with Gasteiger partial charge in [0.2, 0.25) is 0 Å². The van der Waals surface area contributed by atoms with E-state index in [2.05, 4.69) is 198 Å². The maximum absolute atomic E-state index is 6.13. The first-order valence-corrected chi connectivity index (χ1v) is 34.0. The fourth-order valence-electron chi connectivity index (χ4n) is 13.2. The highest BCUT2D eigenvalue weighted by Gasteiger charge is 2.22. The minimum atomic E-state index is 0.695. The smallest absolute Gasteiger partial charge is 0.177 e. The summed E-state index contributed by atoms with van der Waals surface area (Å²) in [6.45, 7) is 18.6. The normalized spacial score (nSPS) is 11.6. The van der Waals surface area contributed by atoms with Crippen LogP contribution in [0.3, 0.4) is 0 Å². The third-order valence-electron chi connectivity index (χ3n) is 18.7. The van der Waals surface area contributed by atoms with E-state index in [1.807, 2.05) is 130 Å². The molecule has 0 atom stereocenters. The van der Waals surface area contributed by atoms with Crippen molar-refractivity contribution in [1.82, 2.24) is 78.9 Å². The number of aromatic amines is 6. The first kappa shape index (κ1) is 63.1. The van der Waals surface area contributed by atoms with E-state index < -0.39 is 0 Å². The van der Waals surface area contributed by atoms with Crippen molar-refractivity contribution in [2.24, 2.45) is 14.1 Å². The first-order valence-electron chi connectivity index (χ1n) is 34.0. The van der Waals surface area contributed by atoms with Crippen molar-refractivity contribution in [3.63, 3.8) is 0 Å². The Bertz CT molecular complexity index is 6630. The van der Waals surface area contributed by atoms with Crippen LogP contribution in [0, 0.1) is 62.3 Å². The minimum absolute atomic E-state index is 0.695. The summed E-state index contributed by atoms with van der Waals surface area (Å²) in [5, 5.41) is 0. The van der Waals surface area contributed by atoms with Gasteiger partial charge in [0.15, 0.2) is 92.7 Å². The van der Waals surface area contributed by atoms with Gasteiger partial charge in [0.25, 0.3) is 0 Å². The van der Waals surface area contributed by atoms with Crippen LogP contribution in [0.25, 0.3) is 181 Å². The Morgan fingerprint density at radius 1 is 0.252 bits per heavy atom. The third-order valence-corrected chi connectivity index (χ3v) is 18.7. The van der Waals surface area contributed by atoms with Gasteiger partial charge in [-0.2, -0.15) is 0 Å². The van der Waals surface area contributed by atoms with Gasteiger partial charge in [-0.05, 0) is 234 Å². The number of rotatable bonds is 8. The highest BCUT2D eigenvalue weighted by atomic mass is 16.4. The van der Waals surface area contributed by atoms with Gasteiger partial charge in [0, 0.05) is 14.1 Å². The second-order valence-electron chi connectivity index (χ2n) is 26.6. The molecular formula is C83H70N16O4.